The number of aryl methyl sites for hydroxylation is 1. The summed E-state index contributed by atoms with van der Waals surface area (Å²) in [5.74, 6) is 0.124. The second-order valence-corrected chi connectivity index (χ2v) is 8.19. The maximum absolute atomic E-state index is 12.8. The highest BCUT2D eigenvalue weighted by Crippen LogP contribution is 2.33. The minimum Gasteiger partial charge on any atom is -0.350 e. The van der Waals surface area contributed by atoms with Gasteiger partial charge in [0.15, 0.2) is 0 Å². The summed E-state index contributed by atoms with van der Waals surface area (Å²) in [5, 5.41) is 12.9. The van der Waals surface area contributed by atoms with Crippen molar-refractivity contribution in [1.29, 1.82) is 0 Å². The molecule has 148 valence electrons. The summed E-state index contributed by atoms with van der Waals surface area (Å²) in [6, 6.07) is 8.10. The van der Waals surface area contributed by atoms with Gasteiger partial charge in [0.25, 0.3) is 0 Å². The molecular weight excluding hydrogens is 374 g/mol. The van der Waals surface area contributed by atoms with Crippen LogP contribution in [0.3, 0.4) is 0 Å². The Morgan fingerprint density at radius 3 is 2.61 bits per heavy atom. The fraction of sp³-hybridized carbons (Fsp3) is 0.500. The van der Waals surface area contributed by atoms with Crippen molar-refractivity contribution >= 4 is 33.4 Å². The van der Waals surface area contributed by atoms with Crippen molar-refractivity contribution in [2.45, 2.75) is 51.6 Å². The van der Waals surface area contributed by atoms with Crippen LogP contribution in [0.5, 0.6) is 0 Å². The van der Waals surface area contributed by atoms with Crippen LogP contribution in [0.2, 0.25) is 0 Å². The molecule has 8 heteroatoms. The Morgan fingerprint density at radius 1 is 1.14 bits per heavy atom. The Balaban J connectivity index is 1.39. The molecule has 2 saturated heterocycles. The van der Waals surface area contributed by atoms with Crippen LogP contribution >= 0.6 is 11.3 Å². The lowest BCUT2D eigenvalue weighted by atomic mass is 10.1. The van der Waals surface area contributed by atoms with Gasteiger partial charge in [-0.1, -0.05) is 42.5 Å². The highest BCUT2D eigenvalue weighted by molar-refractivity contribution is 7.19. The van der Waals surface area contributed by atoms with Gasteiger partial charge in [0, 0.05) is 26.1 Å². The lowest BCUT2D eigenvalue weighted by molar-refractivity contribution is -0.122. The third-order valence-electron chi connectivity index (χ3n) is 5.41. The smallest absolute Gasteiger partial charge is 0.243 e. The predicted molar refractivity (Wildman–Crippen MR) is 110 cm³/mol. The van der Waals surface area contributed by atoms with Crippen LogP contribution in [0.15, 0.2) is 24.3 Å². The molecular formula is C20H25N5O2S. The summed E-state index contributed by atoms with van der Waals surface area (Å²) in [4.78, 5) is 28.4. The quantitative estimate of drug-likeness (QED) is 0.808. The van der Waals surface area contributed by atoms with E-state index in [1.165, 1.54) is 16.9 Å². The van der Waals surface area contributed by atoms with Crippen molar-refractivity contribution in [3.63, 3.8) is 0 Å². The topological polar surface area (TPSA) is 78.4 Å². The van der Waals surface area contributed by atoms with Crippen LogP contribution in [-0.2, 0) is 22.6 Å². The number of carbonyl (C=O) groups excluding carboxylic acids is 2. The lowest BCUT2D eigenvalue weighted by Gasteiger charge is -2.22. The van der Waals surface area contributed by atoms with Crippen molar-refractivity contribution in [1.82, 2.24) is 15.5 Å². The predicted octanol–water partition coefficient (Wildman–Crippen LogP) is 2.51. The van der Waals surface area contributed by atoms with Gasteiger partial charge in [-0.05, 0) is 36.8 Å². The Morgan fingerprint density at radius 2 is 1.89 bits per heavy atom. The van der Waals surface area contributed by atoms with Gasteiger partial charge in [-0.3, -0.25) is 14.5 Å². The van der Waals surface area contributed by atoms with E-state index in [9.17, 15) is 9.59 Å². The van der Waals surface area contributed by atoms with Crippen LogP contribution in [0.1, 0.15) is 43.7 Å². The summed E-state index contributed by atoms with van der Waals surface area (Å²) in [6.45, 7) is 4.14. The maximum atomic E-state index is 12.8. The number of nitrogens with one attached hydrogen (secondary N) is 1. The molecule has 0 saturated carbocycles. The number of aromatic nitrogens is 2. The average molecular weight is 400 g/mol. The largest absolute Gasteiger partial charge is 0.350 e. The van der Waals surface area contributed by atoms with E-state index in [1.807, 2.05) is 4.90 Å². The van der Waals surface area contributed by atoms with Crippen LogP contribution < -0.4 is 15.1 Å². The molecule has 3 heterocycles. The van der Waals surface area contributed by atoms with Crippen molar-refractivity contribution in [2.24, 2.45) is 0 Å². The van der Waals surface area contributed by atoms with Crippen LogP contribution in [0.4, 0.5) is 10.3 Å². The molecule has 28 heavy (non-hydrogen) atoms. The van der Waals surface area contributed by atoms with E-state index in [0.29, 0.717) is 24.6 Å². The van der Waals surface area contributed by atoms with E-state index in [4.69, 9.17) is 0 Å². The molecule has 0 radical (unpaired) electrons. The zero-order valence-electron chi connectivity index (χ0n) is 16.1. The van der Waals surface area contributed by atoms with Crippen molar-refractivity contribution in [2.75, 3.05) is 22.9 Å². The molecule has 2 fully saturated rings. The highest BCUT2D eigenvalue weighted by atomic mass is 32.1. The number of hydrogen-bond acceptors (Lipinski definition) is 6. The zero-order valence-corrected chi connectivity index (χ0v) is 16.9. The Hall–Kier alpha value is -2.48. The minimum absolute atomic E-state index is 0.0195. The third kappa shape index (κ3) is 3.87. The first kappa shape index (κ1) is 18.9. The molecule has 1 atom stereocenters. The molecule has 0 aliphatic carbocycles. The Labute approximate surface area is 168 Å². The van der Waals surface area contributed by atoms with E-state index in [0.717, 1.165) is 42.9 Å². The normalized spacial score (nSPS) is 19.5. The minimum atomic E-state index is -0.231. The van der Waals surface area contributed by atoms with E-state index in [-0.39, 0.29) is 17.9 Å². The van der Waals surface area contributed by atoms with Crippen LogP contribution in [-0.4, -0.2) is 41.1 Å². The number of hydrogen-bond donors (Lipinski definition) is 1. The number of benzene rings is 1. The van der Waals surface area contributed by atoms with Gasteiger partial charge in [0.05, 0.1) is 0 Å². The van der Waals surface area contributed by atoms with E-state index in [1.54, 1.807) is 4.90 Å². The first-order valence-corrected chi connectivity index (χ1v) is 10.7. The van der Waals surface area contributed by atoms with Gasteiger partial charge in [-0.25, -0.2) is 0 Å². The fourth-order valence-corrected chi connectivity index (χ4v) is 4.72. The molecule has 1 aromatic heterocycles. The van der Waals surface area contributed by atoms with Gasteiger partial charge in [0.2, 0.25) is 22.1 Å². The zero-order chi connectivity index (χ0) is 19.5. The SMILES string of the molecule is CCc1ccc(CNC(=O)C2CCCN2c2nnc(N3CCCC3=O)s2)cc1. The molecule has 1 aromatic carbocycles. The van der Waals surface area contributed by atoms with Gasteiger partial charge in [-0.2, -0.15) is 0 Å². The molecule has 7 nitrogen and oxygen atoms in total. The first-order valence-electron chi connectivity index (χ1n) is 9.91. The first-order chi connectivity index (χ1) is 13.7. The molecule has 2 aliphatic heterocycles. The van der Waals surface area contributed by atoms with Gasteiger partial charge in [-0.15, -0.1) is 10.2 Å². The lowest BCUT2D eigenvalue weighted by Crippen LogP contribution is -2.43. The molecule has 4 rings (SSSR count). The molecule has 1 unspecified atom stereocenters. The number of anilines is 2. The van der Waals surface area contributed by atoms with Crippen molar-refractivity contribution < 1.29 is 9.59 Å². The maximum Gasteiger partial charge on any atom is 0.243 e. The monoisotopic (exact) mass is 399 g/mol. The second kappa shape index (κ2) is 8.26. The summed E-state index contributed by atoms with van der Waals surface area (Å²) in [6.07, 6.45) is 4.19. The number of rotatable bonds is 6. The van der Waals surface area contributed by atoms with E-state index in [2.05, 4.69) is 46.7 Å². The fourth-order valence-electron chi connectivity index (χ4n) is 3.75. The molecule has 2 aliphatic rings. The van der Waals surface area contributed by atoms with Crippen LogP contribution in [0.25, 0.3) is 0 Å². The molecule has 1 N–H and O–H groups in total. The second-order valence-electron chi connectivity index (χ2n) is 7.26. The standard InChI is InChI=1S/C20H25N5O2S/c1-2-14-7-9-15(10-8-14)13-21-18(27)16-5-3-11-24(16)19-22-23-20(28-19)25-12-4-6-17(25)26/h7-10,16H,2-6,11-13H2,1H3,(H,21,27). The summed E-state index contributed by atoms with van der Waals surface area (Å²) >= 11 is 1.40. The summed E-state index contributed by atoms with van der Waals surface area (Å²) in [5.41, 5.74) is 2.39. The van der Waals surface area contributed by atoms with Gasteiger partial charge < -0.3 is 10.2 Å². The van der Waals surface area contributed by atoms with Gasteiger partial charge >= 0.3 is 0 Å². The van der Waals surface area contributed by atoms with Gasteiger partial charge in [0.1, 0.15) is 6.04 Å². The molecule has 2 amide bonds. The highest BCUT2D eigenvalue weighted by Gasteiger charge is 2.34. The summed E-state index contributed by atoms with van der Waals surface area (Å²) < 4.78 is 0. The van der Waals surface area contributed by atoms with Crippen molar-refractivity contribution in [3.8, 4) is 0 Å². The Kier molecular flexibility index (Phi) is 5.57. The van der Waals surface area contributed by atoms with E-state index >= 15 is 0 Å². The van der Waals surface area contributed by atoms with Crippen molar-refractivity contribution in [3.05, 3.63) is 35.4 Å². The number of amides is 2. The molecule has 0 spiro atoms. The molecule has 2 aromatic rings. The third-order valence-corrected chi connectivity index (χ3v) is 6.39. The summed E-state index contributed by atoms with van der Waals surface area (Å²) in [7, 11) is 0. The Bertz CT molecular complexity index is 851. The number of nitrogens with zero attached hydrogens (tertiary/aromatic N) is 4. The molecule has 0 bridgehead atoms. The number of carbonyl (C=O) groups is 2. The average Bonchev–Trinajstić information content (AvgIpc) is 3.46. The van der Waals surface area contributed by atoms with E-state index < -0.39 is 0 Å². The van der Waals surface area contributed by atoms with Crippen LogP contribution in [0, 0.1) is 0 Å².